The first-order chi connectivity index (χ1) is 8.14. The van der Waals surface area contributed by atoms with Crippen LogP contribution in [0.3, 0.4) is 0 Å². The van der Waals surface area contributed by atoms with Crippen molar-refractivity contribution < 1.29 is 31.9 Å². The minimum atomic E-state index is -4.93. The van der Waals surface area contributed by atoms with E-state index in [1.54, 1.807) is 0 Å². The van der Waals surface area contributed by atoms with E-state index in [1.807, 2.05) is 0 Å². The quantitative estimate of drug-likeness (QED) is 0.826. The van der Waals surface area contributed by atoms with Crippen molar-refractivity contribution in [3.8, 4) is 0 Å². The van der Waals surface area contributed by atoms with Gasteiger partial charge >= 0.3 is 12.1 Å². The van der Waals surface area contributed by atoms with Gasteiger partial charge in [-0.15, -0.1) is 0 Å². The number of pyridine rings is 1. The van der Waals surface area contributed by atoms with Crippen molar-refractivity contribution in [2.75, 3.05) is 5.73 Å². The molecule has 0 aliphatic rings. The number of carboxylic acid groups (broad SMARTS) is 1. The fourth-order valence-electron chi connectivity index (χ4n) is 1.34. The van der Waals surface area contributed by atoms with E-state index >= 15 is 0 Å². The molecule has 0 unspecified atom stereocenters. The van der Waals surface area contributed by atoms with Crippen LogP contribution in [0.25, 0.3) is 0 Å². The molecule has 100 valence electrons. The number of halogens is 5. The Balaban J connectivity index is 3.42. The summed E-state index contributed by atoms with van der Waals surface area (Å²) in [6, 6.07) is 0. The third-order valence-corrected chi connectivity index (χ3v) is 2.08. The summed E-state index contributed by atoms with van der Waals surface area (Å²) in [4.78, 5) is 13.5. The molecule has 0 radical (unpaired) electrons. The van der Waals surface area contributed by atoms with Crippen LogP contribution in [-0.2, 0) is 17.4 Å². The summed E-state index contributed by atoms with van der Waals surface area (Å²) in [6.45, 7) is 0. The molecule has 9 heteroatoms. The van der Waals surface area contributed by atoms with Gasteiger partial charge in [-0.3, -0.25) is 9.78 Å². The minimum Gasteiger partial charge on any atom is -0.481 e. The molecule has 1 aromatic rings. The van der Waals surface area contributed by atoms with E-state index in [0.29, 0.717) is 0 Å². The fraction of sp³-hybridized carbons (Fsp3) is 0.333. The molecule has 0 fully saturated rings. The van der Waals surface area contributed by atoms with E-state index < -0.39 is 47.5 Å². The maximum atomic E-state index is 12.6. The van der Waals surface area contributed by atoms with Gasteiger partial charge in [0.25, 0.3) is 6.43 Å². The topological polar surface area (TPSA) is 76.2 Å². The number of carboxylic acids is 1. The number of nitrogens with two attached hydrogens (primary N) is 1. The number of anilines is 1. The lowest BCUT2D eigenvalue weighted by Crippen LogP contribution is -2.16. The Morgan fingerprint density at radius 3 is 2.39 bits per heavy atom. The number of aliphatic carboxylic acids is 1. The summed E-state index contributed by atoms with van der Waals surface area (Å²) in [5, 5.41) is 8.45. The summed E-state index contributed by atoms with van der Waals surface area (Å²) in [6.07, 6.45) is -8.95. The van der Waals surface area contributed by atoms with E-state index in [4.69, 9.17) is 10.8 Å². The van der Waals surface area contributed by atoms with Crippen molar-refractivity contribution in [1.29, 1.82) is 0 Å². The summed E-state index contributed by atoms with van der Waals surface area (Å²) >= 11 is 0. The molecule has 0 saturated heterocycles. The molecule has 0 amide bonds. The molecule has 1 heterocycles. The summed E-state index contributed by atoms with van der Waals surface area (Å²) < 4.78 is 62.5. The molecule has 1 rings (SSSR count). The lowest BCUT2D eigenvalue weighted by Gasteiger charge is -2.15. The van der Waals surface area contributed by atoms with Gasteiger partial charge in [0.15, 0.2) is 0 Å². The molecule has 4 nitrogen and oxygen atoms in total. The van der Waals surface area contributed by atoms with Gasteiger partial charge in [-0.1, -0.05) is 0 Å². The predicted octanol–water partition coefficient (Wildman–Crippen LogP) is 2.25. The van der Waals surface area contributed by atoms with E-state index in [2.05, 4.69) is 4.98 Å². The SMILES string of the molecule is Nc1c(C(F)(F)F)cnc(CC(=O)O)c1C(F)F. The average Bonchev–Trinajstić information content (AvgIpc) is 2.13. The summed E-state index contributed by atoms with van der Waals surface area (Å²) in [5.74, 6) is -1.50. The Morgan fingerprint density at radius 2 is 2.00 bits per heavy atom. The Labute approximate surface area is 97.2 Å². The van der Waals surface area contributed by atoms with Gasteiger partial charge in [-0.05, 0) is 0 Å². The molecule has 18 heavy (non-hydrogen) atoms. The van der Waals surface area contributed by atoms with Gasteiger partial charge < -0.3 is 10.8 Å². The maximum Gasteiger partial charge on any atom is 0.419 e. The second kappa shape index (κ2) is 4.75. The number of aromatic nitrogens is 1. The van der Waals surface area contributed by atoms with Crippen LogP contribution in [0.2, 0.25) is 0 Å². The van der Waals surface area contributed by atoms with Crippen molar-refractivity contribution in [1.82, 2.24) is 4.98 Å². The first kappa shape index (κ1) is 14.1. The number of hydrogen-bond donors (Lipinski definition) is 2. The number of nitrogens with zero attached hydrogens (tertiary/aromatic N) is 1. The Hall–Kier alpha value is -1.93. The zero-order valence-corrected chi connectivity index (χ0v) is 8.63. The van der Waals surface area contributed by atoms with Gasteiger partial charge in [-0.2, -0.15) is 13.2 Å². The molecule has 0 bridgehead atoms. The second-order valence-electron chi connectivity index (χ2n) is 3.31. The van der Waals surface area contributed by atoms with Gasteiger partial charge in [-0.25, -0.2) is 8.78 Å². The van der Waals surface area contributed by atoms with Crippen molar-refractivity contribution in [2.45, 2.75) is 19.0 Å². The second-order valence-corrected chi connectivity index (χ2v) is 3.31. The van der Waals surface area contributed by atoms with Crippen LogP contribution in [-0.4, -0.2) is 16.1 Å². The van der Waals surface area contributed by atoms with Crippen molar-refractivity contribution in [3.63, 3.8) is 0 Å². The lowest BCUT2D eigenvalue weighted by molar-refractivity contribution is -0.137. The van der Waals surface area contributed by atoms with Crippen LogP contribution >= 0.6 is 0 Å². The van der Waals surface area contributed by atoms with Gasteiger partial charge in [0, 0.05) is 6.20 Å². The monoisotopic (exact) mass is 270 g/mol. The third kappa shape index (κ3) is 2.84. The lowest BCUT2D eigenvalue weighted by atomic mass is 10.1. The van der Waals surface area contributed by atoms with Crippen LogP contribution in [0.5, 0.6) is 0 Å². The summed E-state index contributed by atoms with van der Waals surface area (Å²) in [5.41, 5.74) is 0.450. The van der Waals surface area contributed by atoms with E-state index in [0.717, 1.165) is 0 Å². The smallest absolute Gasteiger partial charge is 0.419 e. The highest BCUT2D eigenvalue weighted by Crippen LogP contribution is 2.38. The molecular weight excluding hydrogens is 263 g/mol. The normalized spacial score (nSPS) is 11.9. The van der Waals surface area contributed by atoms with Crippen LogP contribution in [0, 0.1) is 0 Å². The number of hydrogen-bond acceptors (Lipinski definition) is 3. The van der Waals surface area contributed by atoms with E-state index in [1.165, 1.54) is 0 Å². The van der Waals surface area contributed by atoms with Gasteiger partial charge in [0.2, 0.25) is 0 Å². The molecule has 0 atom stereocenters. The molecule has 0 aromatic carbocycles. The molecule has 0 aliphatic heterocycles. The largest absolute Gasteiger partial charge is 0.481 e. The highest BCUT2D eigenvalue weighted by molar-refractivity contribution is 5.71. The number of nitrogen functional groups attached to an aromatic ring is 1. The van der Waals surface area contributed by atoms with Gasteiger partial charge in [0.05, 0.1) is 28.9 Å². The molecule has 1 aromatic heterocycles. The van der Waals surface area contributed by atoms with Gasteiger partial charge in [0.1, 0.15) is 0 Å². The van der Waals surface area contributed by atoms with E-state index in [-0.39, 0.29) is 6.20 Å². The van der Waals surface area contributed by atoms with Crippen molar-refractivity contribution in [3.05, 3.63) is 23.0 Å². The molecular formula is C9H7F5N2O2. The van der Waals surface area contributed by atoms with Crippen molar-refractivity contribution in [2.24, 2.45) is 0 Å². The first-order valence-electron chi connectivity index (χ1n) is 4.49. The standard InChI is InChI=1S/C9H7F5N2O2/c10-8(11)6-4(1-5(17)18)16-2-3(7(6)15)9(12,13)14/h2,8H,1H2,(H2,15,16)(H,17,18). The molecule has 0 spiro atoms. The zero-order valence-electron chi connectivity index (χ0n) is 8.63. The molecule has 3 N–H and O–H groups in total. The first-order valence-corrected chi connectivity index (χ1v) is 4.49. The Bertz CT molecular complexity index is 473. The minimum absolute atomic E-state index is 0.249. The van der Waals surface area contributed by atoms with Crippen LogP contribution in [0.4, 0.5) is 27.6 Å². The van der Waals surface area contributed by atoms with Crippen LogP contribution < -0.4 is 5.73 Å². The zero-order chi connectivity index (χ0) is 14.1. The number of alkyl halides is 5. The van der Waals surface area contributed by atoms with Crippen molar-refractivity contribution >= 4 is 11.7 Å². The van der Waals surface area contributed by atoms with E-state index in [9.17, 15) is 26.7 Å². The highest BCUT2D eigenvalue weighted by atomic mass is 19.4. The van der Waals surface area contributed by atoms with Crippen LogP contribution in [0.15, 0.2) is 6.20 Å². The average molecular weight is 270 g/mol. The fourth-order valence-corrected chi connectivity index (χ4v) is 1.34. The number of carbonyl (C=O) groups is 1. The molecule has 0 saturated carbocycles. The number of rotatable bonds is 3. The maximum absolute atomic E-state index is 12.6. The van der Waals surface area contributed by atoms with Crippen LogP contribution in [0.1, 0.15) is 23.2 Å². The Kier molecular flexibility index (Phi) is 3.73. The predicted molar refractivity (Wildman–Crippen MR) is 49.9 cm³/mol. The Morgan fingerprint density at radius 1 is 1.44 bits per heavy atom. The molecule has 0 aliphatic carbocycles. The third-order valence-electron chi connectivity index (χ3n) is 2.08. The highest BCUT2D eigenvalue weighted by Gasteiger charge is 2.36. The summed E-state index contributed by atoms with van der Waals surface area (Å²) in [7, 11) is 0.